The van der Waals surface area contributed by atoms with Gasteiger partial charge in [0.05, 0.1) is 6.29 Å². The lowest BCUT2D eigenvalue weighted by Crippen LogP contribution is -2.30. The molecule has 0 fully saturated rings. The zero-order valence-corrected chi connectivity index (χ0v) is 14.4. The molecule has 0 aliphatic rings. The molecule has 0 aromatic heterocycles. The molecule has 2 aromatic rings. The maximum Gasteiger partial charge on any atom is 0.279 e. The average molecular weight is 280 g/mol. The van der Waals surface area contributed by atoms with Crippen LogP contribution >= 0.6 is 0 Å². The van der Waals surface area contributed by atoms with Crippen LogP contribution < -0.4 is 8.85 Å². The highest BCUT2D eigenvalue weighted by Gasteiger charge is 2.15. The zero-order chi connectivity index (χ0) is 13.7. The largest absolute Gasteiger partial charge is 0.306 e. The first-order valence-electron chi connectivity index (χ1n) is 6.74. The second-order valence-corrected chi connectivity index (χ2v) is 11.0. The van der Waals surface area contributed by atoms with Gasteiger partial charge >= 0.3 is 0 Å². The lowest BCUT2D eigenvalue weighted by atomic mass is 10.2. The van der Waals surface area contributed by atoms with E-state index in [2.05, 4.69) is 62.4 Å². The molecule has 19 heavy (non-hydrogen) atoms. The molecule has 3 heteroatoms. The van der Waals surface area contributed by atoms with Crippen LogP contribution in [0.1, 0.15) is 11.1 Å². The predicted octanol–water partition coefficient (Wildman–Crippen LogP) is 1.07. The Morgan fingerprint density at radius 3 is 1.47 bits per heavy atom. The number of rotatable bonds is 5. The van der Waals surface area contributed by atoms with Crippen LogP contribution in [-0.4, -0.2) is 36.7 Å². The molecule has 0 radical (unpaired) electrons. The quantitative estimate of drug-likeness (QED) is 0.591. The third-order valence-corrected chi connectivity index (χ3v) is 8.48. The van der Waals surface area contributed by atoms with Gasteiger partial charge in [0.25, 0.3) is 30.4 Å². The van der Waals surface area contributed by atoms with E-state index in [-0.39, 0.29) is 0 Å². The van der Waals surface area contributed by atoms with Gasteiger partial charge in [-0.2, -0.15) is 0 Å². The molecule has 0 aliphatic carbocycles. The number of aldehydes is 1. The molecule has 0 heterocycles. The fourth-order valence-electron chi connectivity index (χ4n) is 2.22. The van der Waals surface area contributed by atoms with E-state index in [1.54, 1.807) is 0 Å². The standard InChI is InChI=1S/2C7H7.C2H2O.2Al.2H/c2*1-7-5-3-2-4-6-7;1-2-3;;;;/h2*3-6H,1H3;1-2H;;;;. The summed E-state index contributed by atoms with van der Waals surface area (Å²) < 4.78 is 3.15. The number of hydrogen-bond acceptors (Lipinski definition) is 1. The smallest absolute Gasteiger partial charge is 0.279 e. The number of hydrogen-bond donors (Lipinski definition) is 0. The summed E-state index contributed by atoms with van der Waals surface area (Å²) in [5, 5.41) is 0. The first-order valence-corrected chi connectivity index (χ1v) is 9.78. The third kappa shape index (κ3) is 4.65. The van der Waals surface area contributed by atoms with Crippen LogP contribution in [0.25, 0.3) is 0 Å². The van der Waals surface area contributed by atoms with Crippen molar-refractivity contribution in [3.05, 3.63) is 59.7 Å². The van der Waals surface area contributed by atoms with Crippen LogP contribution in [0.4, 0.5) is 0 Å². The molecule has 94 valence electrons. The van der Waals surface area contributed by atoms with Crippen molar-refractivity contribution in [1.29, 1.82) is 0 Å². The molecular formula is C16H18Al2O. The van der Waals surface area contributed by atoms with Gasteiger partial charge < -0.3 is 4.79 Å². The van der Waals surface area contributed by atoms with E-state index in [0.29, 0.717) is 3.64 Å². The molecule has 0 atom stereocenters. The first-order chi connectivity index (χ1) is 9.17. The highest BCUT2D eigenvalue weighted by molar-refractivity contribution is 6.77. The molecule has 0 bridgehead atoms. The van der Waals surface area contributed by atoms with Crippen LogP contribution in [0.15, 0.2) is 48.5 Å². The minimum Gasteiger partial charge on any atom is -0.306 e. The van der Waals surface area contributed by atoms with Crippen LogP contribution in [0.5, 0.6) is 0 Å². The topological polar surface area (TPSA) is 17.1 Å². The summed E-state index contributed by atoms with van der Waals surface area (Å²) in [6.07, 6.45) is 1.21. The summed E-state index contributed by atoms with van der Waals surface area (Å²) in [4.78, 5) is 11.3. The van der Waals surface area contributed by atoms with E-state index in [1.807, 2.05) is 0 Å². The zero-order valence-electron chi connectivity index (χ0n) is 11.6. The van der Waals surface area contributed by atoms with Gasteiger partial charge in [-0.05, 0) is 13.8 Å². The van der Waals surface area contributed by atoms with Gasteiger partial charge in [0, 0.05) is 0 Å². The Hall–Kier alpha value is -0.825. The van der Waals surface area contributed by atoms with E-state index >= 15 is 0 Å². The van der Waals surface area contributed by atoms with Crippen molar-refractivity contribution in [2.24, 2.45) is 0 Å². The van der Waals surface area contributed by atoms with E-state index in [9.17, 15) is 4.79 Å². The van der Waals surface area contributed by atoms with Gasteiger partial charge in [-0.3, -0.25) is 0 Å². The van der Waals surface area contributed by atoms with Crippen molar-refractivity contribution >= 4 is 45.6 Å². The first kappa shape index (κ1) is 14.6. The molecule has 2 rings (SSSR count). The monoisotopic (exact) mass is 280 g/mol. The summed E-state index contributed by atoms with van der Waals surface area (Å²) in [6.45, 7) is 4.20. The van der Waals surface area contributed by atoms with Crippen molar-refractivity contribution in [2.75, 3.05) is 0 Å². The summed E-state index contributed by atoms with van der Waals surface area (Å²) in [6, 6.07) is 17.4. The summed E-state index contributed by atoms with van der Waals surface area (Å²) in [5.41, 5.74) is 2.58. The number of benzene rings is 2. The Kier molecular flexibility index (Phi) is 5.44. The molecule has 0 aliphatic heterocycles. The average Bonchev–Trinajstić information content (AvgIpc) is 2.43. The summed E-state index contributed by atoms with van der Waals surface area (Å²) >= 11 is -0.947. The van der Waals surface area contributed by atoms with Crippen molar-refractivity contribution < 1.29 is 4.79 Å². The molecule has 0 unspecified atom stereocenters. The highest BCUT2D eigenvalue weighted by Crippen LogP contribution is 2.00. The van der Waals surface area contributed by atoms with Gasteiger partial charge in [-0.15, -0.1) is 8.85 Å². The summed E-state index contributed by atoms with van der Waals surface area (Å²) in [5.74, 6) is 0. The Morgan fingerprint density at radius 2 is 1.16 bits per heavy atom. The second kappa shape index (κ2) is 7.09. The Bertz CT molecular complexity index is 484. The molecule has 1 nitrogen and oxygen atoms in total. The van der Waals surface area contributed by atoms with Gasteiger partial charge in [0.1, 0.15) is 0 Å². The van der Waals surface area contributed by atoms with Crippen LogP contribution in [0, 0.1) is 13.8 Å². The maximum absolute atomic E-state index is 11.3. The van der Waals surface area contributed by atoms with Gasteiger partial charge in [0.2, 0.25) is 0 Å². The third-order valence-electron chi connectivity index (χ3n) is 3.43. The fraction of sp³-hybridized carbons (Fsp3) is 0.188. The van der Waals surface area contributed by atoms with Gasteiger partial charge in [0.15, 0.2) is 0 Å². The molecule has 0 spiro atoms. The normalized spacial score (nSPS) is 10.3. The van der Waals surface area contributed by atoms with E-state index < -0.39 is 30.4 Å². The molecule has 0 N–H and O–H groups in total. The molecule has 0 saturated heterocycles. The second-order valence-electron chi connectivity index (χ2n) is 5.28. The molecule has 0 amide bonds. The van der Waals surface area contributed by atoms with Crippen molar-refractivity contribution in [3.63, 3.8) is 0 Å². The molecule has 2 aromatic carbocycles. The number of carbonyl (C=O) groups is 1. The lowest BCUT2D eigenvalue weighted by molar-refractivity contribution is -0.106. The molecule has 0 saturated carbocycles. The minimum atomic E-state index is -0.473. The molecular weight excluding hydrogens is 262 g/mol. The van der Waals surface area contributed by atoms with E-state index in [0.717, 1.165) is 0 Å². The van der Waals surface area contributed by atoms with Crippen molar-refractivity contribution in [2.45, 2.75) is 17.5 Å². The number of carbonyl (C=O) groups excluding carboxylic acids is 1. The lowest BCUT2D eigenvalue weighted by Gasteiger charge is -2.07. The summed E-state index contributed by atoms with van der Waals surface area (Å²) in [7, 11) is 0. The fourth-order valence-corrected chi connectivity index (χ4v) is 7.22. The number of aryl methyl sites for hydroxylation is 2. The van der Waals surface area contributed by atoms with E-state index in [4.69, 9.17) is 0 Å². The van der Waals surface area contributed by atoms with Crippen LogP contribution in [0.3, 0.4) is 0 Å². The Labute approximate surface area is 127 Å². The van der Waals surface area contributed by atoms with Gasteiger partial charge in [-0.1, -0.05) is 63.3 Å². The maximum atomic E-state index is 11.3. The van der Waals surface area contributed by atoms with E-state index in [1.165, 1.54) is 26.3 Å². The van der Waals surface area contributed by atoms with Crippen molar-refractivity contribution in [3.8, 4) is 0 Å². The Morgan fingerprint density at radius 1 is 0.789 bits per heavy atom. The van der Waals surface area contributed by atoms with Crippen LogP contribution in [-0.2, 0) is 4.79 Å². The SMILES string of the molecule is Cc1cc[c]([AlH][CH](C=O)[AlH][c]2ccc(C)cc2)cc1. The highest BCUT2D eigenvalue weighted by atomic mass is 27.2. The predicted molar refractivity (Wildman–Crippen MR) is 85.7 cm³/mol. The van der Waals surface area contributed by atoms with Crippen LogP contribution in [0.2, 0.25) is 3.64 Å². The minimum absolute atomic E-state index is 0.338. The Balaban J connectivity index is 2.02. The van der Waals surface area contributed by atoms with Crippen molar-refractivity contribution in [1.82, 2.24) is 0 Å². The van der Waals surface area contributed by atoms with Gasteiger partial charge in [-0.25, -0.2) is 0 Å².